The first-order chi connectivity index (χ1) is 8.26. The van der Waals surface area contributed by atoms with Crippen LogP contribution in [0, 0.1) is 5.41 Å². The number of aliphatic hydroxyl groups excluding tert-OH is 1. The van der Waals surface area contributed by atoms with Crippen molar-refractivity contribution in [3.05, 3.63) is 29.8 Å². The molecule has 1 fully saturated rings. The third-order valence-electron chi connectivity index (χ3n) is 3.73. The molecule has 100 valence electrons. The molecule has 1 aromatic carbocycles. The summed E-state index contributed by atoms with van der Waals surface area (Å²) in [5.41, 5.74) is 0.940. The van der Waals surface area contributed by atoms with Gasteiger partial charge in [0, 0.05) is 17.5 Å². The van der Waals surface area contributed by atoms with Gasteiger partial charge in [-0.3, -0.25) is 0 Å². The normalized spacial score (nSPS) is 26.7. The molecular formula is C12H18N2O3S. The number of aliphatic hydroxyl groups is 1. The summed E-state index contributed by atoms with van der Waals surface area (Å²) in [6.07, 6.45) is 0. The van der Waals surface area contributed by atoms with Crippen molar-refractivity contribution in [2.75, 3.05) is 6.61 Å². The Balaban J connectivity index is 2.23. The van der Waals surface area contributed by atoms with Gasteiger partial charge in [-0.2, -0.15) is 0 Å². The second-order valence-electron chi connectivity index (χ2n) is 5.27. The van der Waals surface area contributed by atoms with Crippen LogP contribution >= 0.6 is 0 Å². The highest BCUT2D eigenvalue weighted by molar-refractivity contribution is 7.89. The van der Waals surface area contributed by atoms with Crippen LogP contribution in [0.25, 0.3) is 0 Å². The molecule has 4 N–H and O–H groups in total. The minimum atomic E-state index is -3.64. The number of rotatable bonds is 3. The molecule has 0 amide bonds. The van der Waals surface area contributed by atoms with Crippen LogP contribution in [-0.2, 0) is 10.0 Å². The van der Waals surface area contributed by atoms with Gasteiger partial charge in [0.1, 0.15) is 0 Å². The number of sulfonamides is 1. The molecular weight excluding hydrogens is 252 g/mol. The molecule has 1 aliphatic heterocycles. The maximum atomic E-state index is 11.2. The van der Waals surface area contributed by atoms with E-state index in [0.717, 1.165) is 5.56 Å². The van der Waals surface area contributed by atoms with Crippen LogP contribution < -0.4 is 10.5 Å². The number of primary sulfonamides is 1. The van der Waals surface area contributed by atoms with E-state index in [1.807, 2.05) is 0 Å². The van der Waals surface area contributed by atoms with Crippen molar-refractivity contribution in [1.29, 1.82) is 0 Å². The fourth-order valence-corrected chi connectivity index (χ4v) is 2.91. The van der Waals surface area contributed by atoms with E-state index in [2.05, 4.69) is 19.2 Å². The van der Waals surface area contributed by atoms with Crippen LogP contribution in [0.1, 0.15) is 25.5 Å². The van der Waals surface area contributed by atoms with E-state index in [9.17, 15) is 13.5 Å². The highest BCUT2D eigenvalue weighted by Gasteiger charge is 2.47. The zero-order valence-electron chi connectivity index (χ0n) is 10.4. The molecule has 0 spiro atoms. The number of nitrogens with two attached hydrogens (primary N) is 1. The Hall–Kier alpha value is -0.950. The van der Waals surface area contributed by atoms with Crippen molar-refractivity contribution in [3.8, 4) is 0 Å². The highest BCUT2D eigenvalue weighted by Crippen LogP contribution is 2.45. The first-order valence-corrected chi connectivity index (χ1v) is 7.31. The summed E-state index contributed by atoms with van der Waals surface area (Å²) in [4.78, 5) is 0.113. The molecule has 1 aliphatic rings. The topological polar surface area (TPSA) is 92.4 Å². The molecule has 6 heteroatoms. The molecule has 1 aromatic rings. The second-order valence-corrected chi connectivity index (χ2v) is 6.83. The van der Waals surface area contributed by atoms with Crippen molar-refractivity contribution in [3.63, 3.8) is 0 Å². The summed E-state index contributed by atoms with van der Waals surface area (Å²) in [5.74, 6) is 0. The summed E-state index contributed by atoms with van der Waals surface area (Å²) in [7, 11) is -3.64. The first-order valence-electron chi connectivity index (χ1n) is 5.76. The molecule has 5 nitrogen and oxygen atoms in total. The van der Waals surface area contributed by atoms with Crippen molar-refractivity contribution < 1.29 is 13.5 Å². The zero-order chi connectivity index (χ0) is 13.6. The van der Waals surface area contributed by atoms with E-state index in [4.69, 9.17) is 5.14 Å². The first kappa shape index (κ1) is 13.5. The quantitative estimate of drug-likeness (QED) is 0.739. The minimum absolute atomic E-state index is 0.0577. The van der Waals surface area contributed by atoms with E-state index in [1.165, 1.54) is 12.1 Å². The molecule has 2 unspecified atom stereocenters. The van der Waals surface area contributed by atoms with Gasteiger partial charge < -0.3 is 10.4 Å². The Labute approximate surface area is 107 Å². The van der Waals surface area contributed by atoms with Gasteiger partial charge in [0.25, 0.3) is 0 Å². The zero-order valence-corrected chi connectivity index (χ0v) is 11.2. The molecule has 1 heterocycles. The summed E-state index contributed by atoms with van der Waals surface area (Å²) >= 11 is 0. The SMILES string of the molecule is CC1(C)C(CO)NC1c1ccc(S(N)(=O)=O)cc1. The van der Waals surface area contributed by atoms with Gasteiger partial charge >= 0.3 is 0 Å². The minimum Gasteiger partial charge on any atom is -0.395 e. The lowest BCUT2D eigenvalue weighted by Gasteiger charge is -2.53. The molecule has 2 rings (SSSR count). The van der Waals surface area contributed by atoms with Crippen LogP contribution in [0.5, 0.6) is 0 Å². The van der Waals surface area contributed by atoms with Crippen molar-refractivity contribution in [2.24, 2.45) is 10.6 Å². The predicted molar refractivity (Wildman–Crippen MR) is 68.3 cm³/mol. The number of hydrogen-bond acceptors (Lipinski definition) is 4. The molecule has 1 saturated heterocycles. The van der Waals surface area contributed by atoms with Gasteiger partial charge in [-0.1, -0.05) is 26.0 Å². The van der Waals surface area contributed by atoms with Crippen LogP contribution in [0.15, 0.2) is 29.2 Å². The maximum Gasteiger partial charge on any atom is 0.238 e. The van der Waals surface area contributed by atoms with Crippen LogP contribution in [0.4, 0.5) is 0 Å². The Morgan fingerprint density at radius 3 is 2.28 bits per heavy atom. The van der Waals surface area contributed by atoms with Crippen LogP contribution in [0.2, 0.25) is 0 Å². The van der Waals surface area contributed by atoms with Gasteiger partial charge in [0.15, 0.2) is 0 Å². The van der Waals surface area contributed by atoms with E-state index < -0.39 is 10.0 Å². The lowest BCUT2D eigenvalue weighted by Crippen LogP contribution is -2.63. The fourth-order valence-electron chi connectivity index (χ4n) is 2.40. The Bertz CT molecular complexity index is 537. The summed E-state index contributed by atoms with van der Waals surface area (Å²) in [6.45, 7) is 4.24. The highest BCUT2D eigenvalue weighted by atomic mass is 32.2. The lowest BCUT2D eigenvalue weighted by atomic mass is 9.67. The smallest absolute Gasteiger partial charge is 0.238 e. The largest absolute Gasteiger partial charge is 0.395 e. The van der Waals surface area contributed by atoms with Crippen molar-refractivity contribution in [2.45, 2.75) is 30.8 Å². The molecule has 0 bridgehead atoms. The third kappa shape index (κ3) is 2.16. The van der Waals surface area contributed by atoms with Gasteiger partial charge in [0.2, 0.25) is 10.0 Å². The van der Waals surface area contributed by atoms with E-state index >= 15 is 0 Å². The average molecular weight is 270 g/mol. The molecule has 18 heavy (non-hydrogen) atoms. The molecule has 2 atom stereocenters. The molecule has 0 aliphatic carbocycles. The number of hydrogen-bond donors (Lipinski definition) is 3. The van der Waals surface area contributed by atoms with Gasteiger partial charge in [-0.05, 0) is 17.7 Å². The van der Waals surface area contributed by atoms with Gasteiger partial charge in [0.05, 0.1) is 11.5 Å². The van der Waals surface area contributed by atoms with Crippen molar-refractivity contribution in [1.82, 2.24) is 5.32 Å². The second kappa shape index (κ2) is 4.31. The maximum absolute atomic E-state index is 11.2. The Kier molecular flexibility index (Phi) is 3.23. The summed E-state index contributed by atoms with van der Waals surface area (Å²) in [5, 5.41) is 17.5. The van der Waals surface area contributed by atoms with E-state index in [-0.39, 0.29) is 29.0 Å². The summed E-state index contributed by atoms with van der Waals surface area (Å²) < 4.78 is 22.3. The average Bonchev–Trinajstić information content (AvgIpc) is 2.28. The van der Waals surface area contributed by atoms with Crippen molar-refractivity contribution >= 4 is 10.0 Å². The van der Waals surface area contributed by atoms with E-state index in [0.29, 0.717) is 0 Å². The molecule has 0 aromatic heterocycles. The lowest BCUT2D eigenvalue weighted by molar-refractivity contribution is 0.00843. The number of benzene rings is 1. The van der Waals surface area contributed by atoms with E-state index in [1.54, 1.807) is 12.1 Å². The molecule has 0 radical (unpaired) electrons. The van der Waals surface area contributed by atoms with Crippen LogP contribution in [0.3, 0.4) is 0 Å². The Morgan fingerprint density at radius 1 is 1.33 bits per heavy atom. The fraction of sp³-hybridized carbons (Fsp3) is 0.500. The predicted octanol–water partition coefficient (Wildman–Crippen LogP) is 0.365. The van der Waals surface area contributed by atoms with Crippen LogP contribution in [-0.4, -0.2) is 26.2 Å². The third-order valence-corrected chi connectivity index (χ3v) is 4.66. The Morgan fingerprint density at radius 2 is 1.89 bits per heavy atom. The van der Waals surface area contributed by atoms with Gasteiger partial charge in [-0.15, -0.1) is 0 Å². The van der Waals surface area contributed by atoms with Gasteiger partial charge in [-0.25, -0.2) is 13.6 Å². The molecule has 0 saturated carbocycles. The summed E-state index contributed by atoms with van der Waals surface area (Å²) in [6, 6.07) is 6.72. The standard InChI is InChI=1S/C12H18N2O3S/c1-12(2)10(7-15)14-11(12)8-3-5-9(6-4-8)18(13,16)17/h3-6,10-11,14-15H,7H2,1-2H3,(H2,13,16,17). The number of nitrogens with one attached hydrogen (secondary N) is 1. The monoisotopic (exact) mass is 270 g/mol.